The highest BCUT2D eigenvalue weighted by molar-refractivity contribution is 7.90. The molecule has 0 spiro atoms. The first-order valence-corrected chi connectivity index (χ1v) is 7.35. The fourth-order valence-electron chi connectivity index (χ4n) is 1.55. The molecule has 0 saturated carbocycles. The quantitative estimate of drug-likeness (QED) is 0.575. The SMILES string of the molecule is COCCN(C)c1ccc([N+](=O)[O-])c(S(C)(=O)=O)c1. The molecule has 0 heterocycles. The van der Waals surface area contributed by atoms with Gasteiger partial charge in [-0.05, 0) is 12.1 Å². The Balaban J connectivity index is 3.23. The zero-order valence-electron chi connectivity index (χ0n) is 11.0. The van der Waals surface area contributed by atoms with E-state index in [-0.39, 0.29) is 4.90 Å². The molecule has 0 N–H and O–H groups in total. The van der Waals surface area contributed by atoms with Crippen LogP contribution in [0.15, 0.2) is 23.1 Å². The lowest BCUT2D eigenvalue weighted by atomic mass is 10.2. The number of rotatable bonds is 6. The van der Waals surface area contributed by atoms with Crippen LogP contribution >= 0.6 is 0 Å². The second-order valence-electron chi connectivity index (χ2n) is 4.10. The molecule has 106 valence electrons. The van der Waals surface area contributed by atoms with Crippen molar-refractivity contribution in [3.05, 3.63) is 28.3 Å². The molecule has 0 unspecified atom stereocenters. The summed E-state index contributed by atoms with van der Waals surface area (Å²) in [6.07, 6.45) is 0.953. The molecular formula is C11H16N2O5S. The molecule has 0 bridgehead atoms. The van der Waals surface area contributed by atoms with Gasteiger partial charge >= 0.3 is 0 Å². The second-order valence-corrected chi connectivity index (χ2v) is 6.08. The van der Waals surface area contributed by atoms with Crippen molar-refractivity contribution in [3.63, 3.8) is 0 Å². The van der Waals surface area contributed by atoms with Crippen LogP contribution < -0.4 is 4.90 Å². The number of nitrogens with zero attached hydrogens (tertiary/aromatic N) is 2. The predicted octanol–water partition coefficient (Wildman–Crippen LogP) is 1.08. The number of ether oxygens (including phenoxy) is 1. The second kappa shape index (κ2) is 5.98. The van der Waals surface area contributed by atoms with Gasteiger partial charge in [-0.25, -0.2) is 8.42 Å². The van der Waals surface area contributed by atoms with E-state index in [0.29, 0.717) is 18.8 Å². The lowest BCUT2D eigenvalue weighted by Gasteiger charge is -2.19. The van der Waals surface area contributed by atoms with Crippen LogP contribution in [0.3, 0.4) is 0 Å². The average molecular weight is 288 g/mol. The molecule has 0 saturated heterocycles. The van der Waals surface area contributed by atoms with Gasteiger partial charge in [0.15, 0.2) is 9.84 Å². The maximum atomic E-state index is 11.6. The highest BCUT2D eigenvalue weighted by Crippen LogP contribution is 2.28. The number of nitro groups is 1. The van der Waals surface area contributed by atoms with E-state index < -0.39 is 20.4 Å². The Morgan fingerprint density at radius 3 is 2.53 bits per heavy atom. The van der Waals surface area contributed by atoms with Crippen LogP contribution in [-0.2, 0) is 14.6 Å². The molecule has 0 aliphatic heterocycles. The first kappa shape index (κ1) is 15.4. The van der Waals surface area contributed by atoms with Crippen molar-refractivity contribution < 1.29 is 18.1 Å². The van der Waals surface area contributed by atoms with Crippen molar-refractivity contribution in [2.75, 3.05) is 38.5 Å². The number of hydrogen-bond acceptors (Lipinski definition) is 6. The molecule has 0 aliphatic rings. The van der Waals surface area contributed by atoms with E-state index in [0.717, 1.165) is 6.26 Å². The lowest BCUT2D eigenvalue weighted by Crippen LogP contribution is -2.22. The largest absolute Gasteiger partial charge is 0.383 e. The summed E-state index contributed by atoms with van der Waals surface area (Å²) in [6.45, 7) is 1.03. The van der Waals surface area contributed by atoms with Gasteiger partial charge in [-0.1, -0.05) is 0 Å². The van der Waals surface area contributed by atoms with Crippen molar-refractivity contribution in [1.82, 2.24) is 0 Å². The van der Waals surface area contributed by atoms with Crippen molar-refractivity contribution in [2.24, 2.45) is 0 Å². The van der Waals surface area contributed by atoms with Gasteiger partial charge in [-0.3, -0.25) is 10.1 Å². The number of methoxy groups -OCH3 is 1. The minimum atomic E-state index is -3.65. The molecule has 8 heteroatoms. The highest BCUT2D eigenvalue weighted by atomic mass is 32.2. The predicted molar refractivity (Wildman–Crippen MR) is 71.4 cm³/mol. The Labute approximate surface area is 111 Å². The molecule has 0 fully saturated rings. The summed E-state index contributed by atoms with van der Waals surface area (Å²) in [7, 11) is -0.337. The zero-order valence-corrected chi connectivity index (χ0v) is 11.8. The van der Waals surface area contributed by atoms with E-state index in [1.165, 1.54) is 18.2 Å². The summed E-state index contributed by atoms with van der Waals surface area (Å²) < 4.78 is 28.1. The van der Waals surface area contributed by atoms with E-state index >= 15 is 0 Å². The number of likely N-dealkylation sites (N-methyl/N-ethyl adjacent to an activating group) is 1. The highest BCUT2D eigenvalue weighted by Gasteiger charge is 2.23. The molecule has 0 atom stereocenters. The molecule has 1 aromatic rings. The van der Waals surface area contributed by atoms with E-state index in [1.807, 2.05) is 0 Å². The van der Waals surface area contributed by atoms with Crippen LogP contribution in [0.4, 0.5) is 11.4 Å². The number of anilines is 1. The van der Waals surface area contributed by atoms with E-state index in [1.54, 1.807) is 19.1 Å². The van der Waals surface area contributed by atoms with Gasteiger partial charge in [0, 0.05) is 38.7 Å². The minimum absolute atomic E-state index is 0.278. The molecule has 0 aromatic heterocycles. The first-order valence-electron chi connectivity index (χ1n) is 5.46. The van der Waals surface area contributed by atoms with Gasteiger partial charge in [-0.15, -0.1) is 0 Å². The number of nitro benzene ring substituents is 1. The number of benzene rings is 1. The summed E-state index contributed by atoms with van der Waals surface area (Å²) in [5.74, 6) is 0. The first-order chi connectivity index (χ1) is 8.77. The van der Waals surface area contributed by atoms with Crippen molar-refractivity contribution in [1.29, 1.82) is 0 Å². The third kappa shape index (κ3) is 3.90. The molecule has 1 aromatic carbocycles. The Morgan fingerprint density at radius 1 is 1.42 bits per heavy atom. The Morgan fingerprint density at radius 2 is 2.05 bits per heavy atom. The summed E-state index contributed by atoms with van der Waals surface area (Å²) in [5.41, 5.74) is 0.175. The topological polar surface area (TPSA) is 89.8 Å². The van der Waals surface area contributed by atoms with Crippen molar-refractivity contribution in [3.8, 4) is 0 Å². The standard InChI is InChI=1S/C11H16N2O5S/c1-12(6-7-18-2)9-4-5-10(13(14)15)11(8-9)19(3,16)17/h4-5,8H,6-7H2,1-3H3. The van der Waals surface area contributed by atoms with Gasteiger partial charge in [0.1, 0.15) is 4.90 Å². The average Bonchev–Trinajstić information content (AvgIpc) is 2.34. The Bertz CT molecular complexity index is 570. The molecule has 1 rings (SSSR count). The van der Waals surface area contributed by atoms with Gasteiger partial charge in [0.05, 0.1) is 11.5 Å². The van der Waals surface area contributed by atoms with Gasteiger partial charge in [-0.2, -0.15) is 0 Å². The fourth-order valence-corrected chi connectivity index (χ4v) is 2.40. The van der Waals surface area contributed by atoms with Gasteiger partial charge in [0.2, 0.25) is 0 Å². The lowest BCUT2D eigenvalue weighted by molar-refractivity contribution is -0.387. The summed E-state index contributed by atoms with van der Waals surface area (Å²) in [4.78, 5) is 11.6. The summed E-state index contributed by atoms with van der Waals surface area (Å²) in [6, 6.07) is 4.03. The van der Waals surface area contributed by atoms with Crippen LogP contribution in [0.5, 0.6) is 0 Å². The fraction of sp³-hybridized carbons (Fsp3) is 0.455. The Hall–Kier alpha value is -1.67. The third-order valence-corrected chi connectivity index (χ3v) is 3.74. The van der Waals surface area contributed by atoms with Crippen LogP contribution in [-0.4, -0.2) is 46.9 Å². The Kier molecular flexibility index (Phi) is 4.84. The molecular weight excluding hydrogens is 272 g/mol. The molecule has 0 radical (unpaired) electrons. The number of hydrogen-bond donors (Lipinski definition) is 0. The zero-order chi connectivity index (χ0) is 14.6. The van der Waals surface area contributed by atoms with E-state index in [9.17, 15) is 18.5 Å². The van der Waals surface area contributed by atoms with Gasteiger partial charge < -0.3 is 9.64 Å². The van der Waals surface area contributed by atoms with E-state index in [4.69, 9.17) is 4.74 Å². The van der Waals surface area contributed by atoms with Crippen molar-refractivity contribution in [2.45, 2.75) is 4.90 Å². The number of sulfone groups is 1. The molecule has 0 amide bonds. The molecule has 19 heavy (non-hydrogen) atoms. The molecule has 7 nitrogen and oxygen atoms in total. The normalized spacial score (nSPS) is 11.3. The van der Waals surface area contributed by atoms with Crippen LogP contribution in [0.1, 0.15) is 0 Å². The maximum absolute atomic E-state index is 11.6. The van der Waals surface area contributed by atoms with Crippen LogP contribution in [0, 0.1) is 10.1 Å². The van der Waals surface area contributed by atoms with Crippen LogP contribution in [0.2, 0.25) is 0 Å². The van der Waals surface area contributed by atoms with Crippen molar-refractivity contribution >= 4 is 21.2 Å². The monoisotopic (exact) mass is 288 g/mol. The third-order valence-electron chi connectivity index (χ3n) is 2.61. The van der Waals surface area contributed by atoms with E-state index in [2.05, 4.69) is 0 Å². The van der Waals surface area contributed by atoms with Gasteiger partial charge in [0.25, 0.3) is 5.69 Å². The summed E-state index contributed by atoms with van der Waals surface area (Å²) in [5, 5.41) is 10.8. The minimum Gasteiger partial charge on any atom is -0.383 e. The molecule has 0 aliphatic carbocycles. The van der Waals surface area contributed by atoms with Crippen LogP contribution in [0.25, 0.3) is 0 Å². The maximum Gasteiger partial charge on any atom is 0.288 e. The smallest absolute Gasteiger partial charge is 0.288 e. The summed E-state index contributed by atoms with van der Waals surface area (Å²) >= 11 is 0.